The summed E-state index contributed by atoms with van der Waals surface area (Å²) in [6.45, 7) is 1.83. The molecule has 15 heavy (non-hydrogen) atoms. The lowest BCUT2D eigenvalue weighted by Crippen LogP contribution is -2.12. The number of nitrogens with two attached hydrogens (primary N) is 1. The highest BCUT2D eigenvalue weighted by Crippen LogP contribution is 2.17. The van der Waals surface area contributed by atoms with Crippen LogP contribution in [0.5, 0.6) is 0 Å². The van der Waals surface area contributed by atoms with Crippen LogP contribution in [0, 0.1) is 6.92 Å². The summed E-state index contributed by atoms with van der Waals surface area (Å²) in [5.74, 6) is -0.565. The molecule has 2 aromatic heterocycles. The number of aryl methyl sites for hydroxylation is 1. The van der Waals surface area contributed by atoms with Crippen molar-refractivity contribution in [2.45, 2.75) is 6.92 Å². The van der Waals surface area contributed by atoms with E-state index < -0.39 is 5.91 Å². The van der Waals surface area contributed by atoms with Gasteiger partial charge in [0.05, 0.1) is 29.3 Å². The molecular weight excluding hydrogens is 194 g/mol. The number of H-pyrrole nitrogens is 1. The molecule has 6 nitrogen and oxygen atoms in total. The van der Waals surface area contributed by atoms with Gasteiger partial charge in [-0.1, -0.05) is 0 Å². The molecule has 3 N–H and O–H groups in total. The van der Waals surface area contributed by atoms with Gasteiger partial charge >= 0.3 is 0 Å². The van der Waals surface area contributed by atoms with Crippen molar-refractivity contribution in [3.63, 3.8) is 0 Å². The van der Waals surface area contributed by atoms with Gasteiger partial charge in [0.15, 0.2) is 0 Å². The summed E-state index contributed by atoms with van der Waals surface area (Å²) in [4.78, 5) is 19.2. The number of carbonyl (C=O) groups excluding carboxylic acids is 1. The van der Waals surface area contributed by atoms with Gasteiger partial charge in [-0.3, -0.25) is 19.9 Å². The molecule has 2 aromatic rings. The lowest BCUT2D eigenvalue weighted by molar-refractivity contribution is 0.0996. The van der Waals surface area contributed by atoms with Crippen molar-refractivity contribution in [2.24, 2.45) is 5.73 Å². The standard InChI is InChI=1S/C9H9N5O/c1-5-2-12-7(4-11-5)6-3-13-14-8(6)9(10)15/h2-4H,1H3,(H2,10,15)(H,13,14). The molecule has 0 saturated heterocycles. The molecule has 76 valence electrons. The van der Waals surface area contributed by atoms with E-state index in [4.69, 9.17) is 5.73 Å². The smallest absolute Gasteiger partial charge is 0.267 e. The molecule has 0 saturated carbocycles. The van der Waals surface area contributed by atoms with Crippen LogP contribution < -0.4 is 5.73 Å². The first-order chi connectivity index (χ1) is 7.18. The third-order valence-electron chi connectivity index (χ3n) is 1.94. The Labute approximate surface area is 85.6 Å². The van der Waals surface area contributed by atoms with Crippen molar-refractivity contribution in [3.05, 3.63) is 30.0 Å². The van der Waals surface area contributed by atoms with E-state index in [-0.39, 0.29) is 5.69 Å². The second-order valence-corrected chi connectivity index (χ2v) is 3.07. The average molecular weight is 203 g/mol. The Morgan fingerprint density at radius 1 is 1.33 bits per heavy atom. The first-order valence-corrected chi connectivity index (χ1v) is 4.30. The van der Waals surface area contributed by atoms with Gasteiger partial charge in [-0.25, -0.2) is 0 Å². The fraction of sp³-hybridized carbons (Fsp3) is 0.111. The van der Waals surface area contributed by atoms with Gasteiger partial charge in [0, 0.05) is 6.20 Å². The zero-order valence-electron chi connectivity index (χ0n) is 8.06. The fourth-order valence-electron chi connectivity index (χ4n) is 1.20. The minimum atomic E-state index is -0.565. The van der Waals surface area contributed by atoms with Gasteiger partial charge in [-0.2, -0.15) is 5.10 Å². The molecule has 0 radical (unpaired) electrons. The third kappa shape index (κ3) is 1.69. The molecule has 0 fully saturated rings. The summed E-state index contributed by atoms with van der Waals surface area (Å²) in [5.41, 5.74) is 7.36. The summed E-state index contributed by atoms with van der Waals surface area (Å²) in [6, 6.07) is 0. The van der Waals surface area contributed by atoms with E-state index in [0.29, 0.717) is 11.3 Å². The molecular formula is C9H9N5O. The first-order valence-electron chi connectivity index (χ1n) is 4.30. The number of carbonyl (C=O) groups is 1. The minimum Gasteiger partial charge on any atom is -0.364 e. The van der Waals surface area contributed by atoms with Gasteiger partial charge in [0.2, 0.25) is 0 Å². The second-order valence-electron chi connectivity index (χ2n) is 3.07. The molecule has 0 aliphatic heterocycles. The SMILES string of the molecule is Cc1cnc(-c2cn[nH]c2C(N)=O)cn1. The number of aromatic amines is 1. The van der Waals surface area contributed by atoms with Crippen LogP contribution >= 0.6 is 0 Å². The first kappa shape index (κ1) is 9.32. The molecule has 0 atom stereocenters. The summed E-state index contributed by atoms with van der Waals surface area (Å²) in [5, 5.41) is 6.27. The Hall–Kier alpha value is -2.24. The quantitative estimate of drug-likeness (QED) is 0.732. The zero-order valence-corrected chi connectivity index (χ0v) is 8.06. The van der Waals surface area contributed by atoms with Crippen molar-refractivity contribution in [3.8, 4) is 11.3 Å². The molecule has 1 amide bonds. The Kier molecular flexibility index (Phi) is 2.17. The van der Waals surface area contributed by atoms with E-state index in [2.05, 4.69) is 20.2 Å². The van der Waals surface area contributed by atoms with Gasteiger partial charge in [0.1, 0.15) is 5.69 Å². The van der Waals surface area contributed by atoms with Crippen molar-refractivity contribution >= 4 is 5.91 Å². The van der Waals surface area contributed by atoms with Crippen LogP contribution in [0.3, 0.4) is 0 Å². The van der Waals surface area contributed by atoms with Crippen molar-refractivity contribution in [2.75, 3.05) is 0 Å². The second kappa shape index (κ2) is 3.49. The fourth-order valence-corrected chi connectivity index (χ4v) is 1.20. The van der Waals surface area contributed by atoms with Crippen LogP contribution in [0.2, 0.25) is 0 Å². The highest BCUT2D eigenvalue weighted by molar-refractivity contribution is 5.97. The van der Waals surface area contributed by atoms with Crippen molar-refractivity contribution in [1.82, 2.24) is 20.2 Å². The molecule has 0 unspecified atom stereocenters. The van der Waals surface area contributed by atoms with Crippen molar-refractivity contribution in [1.29, 1.82) is 0 Å². The Balaban J connectivity index is 2.49. The summed E-state index contributed by atoms with van der Waals surface area (Å²) >= 11 is 0. The number of aromatic nitrogens is 4. The van der Waals surface area contributed by atoms with Crippen LogP contribution in [-0.4, -0.2) is 26.1 Å². The lowest BCUT2D eigenvalue weighted by atomic mass is 10.2. The Morgan fingerprint density at radius 2 is 2.13 bits per heavy atom. The van der Waals surface area contributed by atoms with E-state index in [1.807, 2.05) is 6.92 Å². The normalized spacial score (nSPS) is 10.2. The summed E-state index contributed by atoms with van der Waals surface area (Å²) in [6.07, 6.45) is 4.69. The van der Waals surface area contributed by atoms with E-state index >= 15 is 0 Å². The van der Waals surface area contributed by atoms with E-state index in [9.17, 15) is 4.79 Å². The molecule has 0 bridgehead atoms. The number of hydrogen-bond acceptors (Lipinski definition) is 4. The van der Waals surface area contributed by atoms with Gasteiger partial charge in [0.25, 0.3) is 5.91 Å². The van der Waals surface area contributed by atoms with E-state index in [0.717, 1.165) is 5.69 Å². The average Bonchev–Trinajstić information content (AvgIpc) is 2.67. The van der Waals surface area contributed by atoms with Crippen LogP contribution in [0.25, 0.3) is 11.3 Å². The number of rotatable bonds is 2. The van der Waals surface area contributed by atoms with E-state index in [1.165, 1.54) is 6.20 Å². The summed E-state index contributed by atoms with van der Waals surface area (Å²) < 4.78 is 0. The predicted octanol–water partition coefficient (Wildman–Crippen LogP) is 0.274. The van der Waals surface area contributed by atoms with Gasteiger partial charge in [-0.15, -0.1) is 0 Å². The van der Waals surface area contributed by atoms with Crippen LogP contribution in [-0.2, 0) is 0 Å². The molecule has 6 heteroatoms. The highest BCUT2D eigenvalue weighted by atomic mass is 16.1. The van der Waals surface area contributed by atoms with E-state index in [1.54, 1.807) is 12.4 Å². The van der Waals surface area contributed by atoms with Crippen LogP contribution in [0.1, 0.15) is 16.2 Å². The monoisotopic (exact) mass is 203 g/mol. The molecule has 0 spiro atoms. The number of amides is 1. The zero-order chi connectivity index (χ0) is 10.8. The Morgan fingerprint density at radius 3 is 2.73 bits per heavy atom. The lowest BCUT2D eigenvalue weighted by Gasteiger charge is -1.98. The molecule has 0 aliphatic rings. The molecule has 0 aliphatic carbocycles. The van der Waals surface area contributed by atoms with Crippen LogP contribution in [0.15, 0.2) is 18.6 Å². The predicted molar refractivity (Wildman–Crippen MR) is 52.9 cm³/mol. The molecule has 2 rings (SSSR count). The molecule has 2 heterocycles. The number of hydrogen-bond donors (Lipinski definition) is 2. The number of primary amides is 1. The minimum absolute atomic E-state index is 0.244. The maximum absolute atomic E-state index is 11.0. The number of nitrogens with zero attached hydrogens (tertiary/aromatic N) is 3. The van der Waals surface area contributed by atoms with Crippen LogP contribution in [0.4, 0.5) is 0 Å². The number of nitrogens with one attached hydrogen (secondary N) is 1. The highest BCUT2D eigenvalue weighted by Gasteiger charge is 2.13. The van der Waals surface area contributed by atoms with Gasteiger partial charge < -0.3 is 5.73 Å². The molecule has 0 aromatic carbocycles. The Bertz CT molecular complexity index is 487. The van der Waals surface area contributed by atoms with Gasteiger partial charge in [-0.05, 0) is 6.92 Å². The topological polar surface area (TPSA) is 97.5 Å². The maximum atomic E-state index is 11.0. The maximum Gasteiger partial charge on any atom is 0.267 e. The largest absolute Gasteiger partial charge is 0.364 e. The van der Waals surface area contributed by atoms with Crippen molar-refractivity contribution < 1.29 is 4.79 Å². The third-order valence-corrected chi connectivity index (χ3v) is 1.94. The summed E-state index contributed by atoms with van der Waals surface area (Å²) in [7, 11) is 0.